The molecule has 4 aromatic heterocycles. The molecular formula is C27H35FN8O10P2S3. The van der Waals surface area contributed by atoms with E-state index < -0.39 is 69.8 Å². The fourth-order valence-corrected chi connectivity index (χ4v) is 9.64. The van der Waals surface area contributed by atoms with Crippen molar-refractivity contribution in [3.63, 3.8) is 0 Å². The minimum Gasteiger partial charge on any atom is -0.390 e. The minimum absolute atomic E-state index is 0.0690. The van der Waals surface area contributed by atoms with E-state index in [9.17, 15) is 24.3 Å². The highest BCUT2D eigenvalue weighted by atomic mass is 32.7. The summed E-state index contributed by atoms with van der Waals surface area (Å²) in [6.45, 7) is -8.86. The first-order valence-corrected chi connectivity index (χ1v) is 22.8. The van der Waals surface area contributed by atoms with Crippen LogP contribution in [0, 0.1) is 0 Å². The molecule has 0 aromatic carbocycles. The maximum Gasteiger partial charge on any atom is 0.386 e. The molecule has 3 aliphatic rings. The van der Waals surface area contributed by atoms with E-state index in [1.165, 1.54) is 38.9 Å². The molecule has 51 heavy (non-hydrogen) atoms. The van der Waals surface area contributed by atoms with Gasteiger partial charge in [-0.15, -0.1) is 11.8 Å². The van der Waals surface area contributed by atoms with Gasteiger partial charge in [0.1, 0.15) is 47.9 Å². The largest absolute Gasteiger partial charge is 0.390 e. The van der Waals surface area contributed by atoms with Crippen LogP contribution in [-0.4, -0.2) is 111 Å². The van der Waals surface area contributed by atoms with Gasteiger partial charge in [0, 0.05) is 25.7 Å². The van der Waals surface area contributed by atoms with Gasteiger partial charge in [-0.2, -0.15) is 0 Å². The third kappa shape index (κ3) is 7.59. The molecule has 9 atom stereocenters. The predicted octanol–water partition coefficient (Wildman–Crippen LogP) is 2.02. The summed E-state index contributed by atoms with van der Waals surface area (Å²) in [6.07, 6.45) is -0.132. The van der Waals surface area contributed by atoms with Gasteiger partial charge in [0.15, 0.2) is 23.6 Å². The molecule has 7 unspecified atom stereocenters. The van der Waals surface area contributed by atoms with Crippen LogP contribution in [0.25, 0.3) is 22.2 Å². The molecule has 2 saturated heterocycles. The lowest BCUT2D eigenvalue weighted by atomic mass is 10.1. The molecule has 0 amide bonds. The van der Waals surface area contributed by atoms with Crippen LogP contribution in [0.1, 0.15) is 30.9 Å². The number of aromatic nitrogens is 7. The number of aliphatic hydroxyl groups excluding tert-OH is 1. The number of hydrogen-bond donors (Lipinski definition) is 4. The summed E-state index contributed by atoms with van der Waals surface area (Å²) in [7, 11) is 0. The van der Waals surface area contributed by atoms with Crippen molar-refractivity contribution < 1.29 is 46.9 Å². The van der Waals surface area contributed by atoms with Crippen LogP contribution >= 0.6 is 36.7 Å². The van der Waals surface area contributed by atoms with Gasteiger partial charge in [-0.3, -0.25) is 23.0 Å². The van der Waals surface area contributed by atoms with Gasteiger partial charge in [-0.05, 0) is 53.6 Å². The number of thioether (sulfide) groups is 1. The van der Waals surface area contributed by atoms with Crippen molar-refractivity contribution in [1.29, 1.82) is 0 Å². The summed E-state index contributed by atoms with van der Waals surface area (Å²) in [5.74, 6) is 0.874. The van der Waals surface area contributed by atoms with E-state index in [2.05, 4.69) is 19.9 Å². The highest BCUT2D eigenvalue weighted by Crippen LogP contribution is 2.55. The van der Waals surface area contributed by atoms with Crippen LogP contribution in [0.2, 0.25) is 0 Å². The number of imidazole rings is 1. The summed E-state index contributed by atoms with van der Waals surface area (Å²) < 4.78 is 61.7. The predicted molar refractivity (Wildman–Crippen MR) is 187 cm³/mol. The standard InChI is InChI=1S/C27H35FN8O10P2S3/c1-50-47(39,40)42-10-17-22(20(28)27(45-17)35-8-14-3-2-6-51-25-19(14)23(35)30-11-31-25)46-48(41,49)43-9-16-15(37)7-18(44-16)36-13-32-21-24(36)33-12-34(5-4-29)26(21)38/h8,11-13,15-18,20,22,27,37H,2-7,9-10,29H2,1H3,(H,39,40)(H,41,49)/t15-,16?,17?,18?,20+,22?,27?,48?/m0/s1. The van der Waals surface area contributed by atoms with Crippen molar-refractivity contribution in [2.75, 3.05) is 31.8 Å². The Morgan fingerprint density at radius 3 is 2.73 bits per heavy atom. The molecular weight excluding hydrogens is 773 g/mol. The number of rotatable bonds is 13. The molecule has 4 aromatic rings. The number of halogens is 1. The van der Waals surface area contributed by atoms with Gasteiger partial charge < -0.3 is 39.2 Å². The molecule has 278 valence electrons. The van der Waals surface area contributed by atoms with E-state index >= 15 is 4.39 Å². The normalized spacial score (nSPS) is 29.0. The summed E-state index contributed by atoms with van der Waals surface area (Å²) in [6, 6.07) is 0. The first kappa shape index (κ1) is 37.4. The molecule has 0 radical (unpaired) electrons. The van der Waals surface area contributed by atoms with Crippen molar-refractivity contribution in [1.82, 2.24) is 33.6 Å². The van der Waals surface area contributed by atoms with Crippen LogP contribution in [0.3, 0.4) is 0 Å². The Kier molecular flexibility index (Phi) is 11.1. The SMILES string of the molecule is CSP(=O)(O)OCC1OC(n2cc3c4c(ncnc42)SCCC3)[C@H](F)C1OP(O)(=S)OCC1OC(n2cnc3c(=O)n(CCN)cnc32)C[C@@H]1O. The number of nitrogens with two attached hydrogens (primary N) is 1. The molecule has 7 heterocycles. The first-order chi connectivity index (χ1) is 24.4. The van der Waals surface area contributed by atoms with Gasteiger partial charge in [0.25, 0.3) is 5.56 Å². The fourth-order valence-electron chi connectivity index (χ4n) is 6.30. The molecule has 7 rings (SSSR count). The molecule has 2 fully saturated rings. The van der Waals surface area contributed by atoms with Gasteiger partial charge in [-0.25, -0.2) is 28.9 Å². The number of alkyl halides is 1. The van der Waals surface area contributed by atoms with E-state index in [-0.39, 0.29) is 36.2 Å². The second-order valence-corrected chi connectivity index (χ2v) is 19.9. The average Bonchev–Trinajstić information content (AvgIpc) is 3.83. The van der Waals surface area contributed by atoms with Crippen LogP contribution in [0.5, 0.6) is 0 Å². The Labute approximate surface area is 302 Å². The highest BCUT2D eigenvalue weighted by molar-refractivity contribution is 8.54. The molecule has 0 bridgehead atoms. The maximum atomic E-state index is 16.5. The molecule has 18 nitrogen and oxygen atoms in total. The summed E-state index contributed by atoms with van der Waals surface area (Å²) in [5, 5.41) is 12.4. The van der Waals surface area contributed by atoms with Gasteiger partial charge >= 0.3 is 13.5 Å². The van der Waals surface area contributed by atoms with Crippen molar-refractivity contribution in [3.05, 3.63) is 41.1 Å². The molecule has 3 aliphatic heterocycles. The van der Waals surface area contributed by atoms with E-state index in [1.807, 2.05) is 0 Å². The number of hydrogen-bond acceptors (Lipinski definition) is 16. The Balaban J connectivity index is 1.07. The van der Waals surface area contributed by atoms with E-state index in [4.69, 9.17) is 40.6 Å². The monoisotopic (exact) mass is 808 g/mol. The molecule has 0 saturated carbocycles. The van der Waals surface area contributed by atoms with E-state index in [1.54, 1.807) is 18.0 Å². The second-order valence-electron chi connectivity index (χ2n) is 12.0. The summed E-state index contributed by atoms with van der Waals surface area (Å²) in [4.78, 5) is 51.2. The Hall–Kier alpha value is -1.88. The minimum atomic E-state index is -4.27. The lowest BCUT2D eigenvalue weighted by Crippen LogP contribution is -2.34. The number of fused-ring (bicyclic) bond motifs is 1. The van der Waals surface area contributed by atoms with Gasteiger partial charge in [0.2, 0.25) is 0 Å². The lowest BCUT2D eigenvalue weighted by Gasteiger charge is -2.26. The summed E-state index contributed by atoms with van der Waals surface area (Å²) in [5.41, 5.74) is 6.91. The van der Waals surface area contributed by atoms with Crippen molar-refractivity contribution in [3.8, 4) is 0 Å². The quantitative estimate of drug-likeness (QED) is 0.112. The van der Waals surface area contributed by atoms with Crippen molar-refractivity contribution in [2.24, 2.45) is 5.73 Å². The Morgan fingerprint density at radius 2 is 1.94 bits per heavy atom. The Bertz CT molecular complexity index is 2070. The van der Waals surface area contributed by atoms with Crippen molar-refractivity contribution in [2.45, 2.75) is 73.9 Å². The van der Waals surface area contributed by atoms with Crippen LogP contribution in [0.15, 0.2) is 35.0 Å². The topological polar surface area (TPSA) is 233 Å². The first-order valence-electron chi connectivity index (χ1n) is 15.8. The zero-order valence-electron chi connectivity index (χ0n) is 26.9. The average molecular weight is 809 g/mol. The second kappa shape index (κ2) is 15.1. The van der Waals surface area contributed by atoms with Gasteiger partial charge in [0.05, 0.1) is 31.0 Å². The lowest BCUT2D eigenvalue weighted by molar-refractivity contribution is -0.0490. The van der Waals surface area contributed by atoms with Crippen molar-refractivity contribution >= 4 is 70.7 Å². The number of aliphatic hydroxyl groups is 1. The highest BCUT2D eigenvalue weighted by Gasteiger charge is 2.51. The number of aryl methyl sites for hydroxylation is 1. The molecule has 24 heteroatoms. The van der Waals surface area contributed by atoms with Gasteiger partial charge in [-0.1, -0.05) is 0 Å². The third-order valence-corrected chi connectivity index (χ3v) is 14.0. The third-order valence-electron chi connectivity index (χ3n) is 8.75. The number of ether oxygens (including phenoxy) is 2. The zero-order chi connectivity index (χ0) is 36.1. The smallest absolute Gasteiger partial charge is 0.386 e. The molecule has 0 aliphatic carbocycles. The maximum absolute atomic E-state index is 16.5. The van der Waals surface area contributed by atoms with Crippen LogP contribution < -0.4 is 11.3 Å². The Morgan fingerprint density at radius 1 is 1.14 bits per heavy atom. The number of nitrogens with zero attached hydrogens (tertiary/aromatic N) is 7. The molecule has 5 N–H and O–H groups in total. The summed E-state index contributed by atoms with van der Waals surface area (Å²) >= 11 is 7.44. The van der Waals surface area contributed by atoms with Crippen LogP contribution in [-0.2, 0) is 52.4 Å². The zero-order valence-corrected chi connectivity index (χ0v) is 31.2. The fraction of sp³-hybridized carbons (Fsp3) is 0.593. The molecule has 0 spiro atoms. The van der Waals surface area contributed by atoms with E-state index in [0.29, 0.717) is 17.0 Å². The van der Waals surface area contributed by atoms with Crippen LogP contribution in [0.4, 0.5) is 4.39 Å². The van der Waals surface area contributed by atoms with E-state index in [0.717, 1.165) is 34.6 Å².